The molecule has 2 N–H and O–H groups in total. The molecule has 2 aromatic carbocycles. The Kier molecular flexibility index (Phi) is 7.17. The summed E-state index contributed by atoms with van der Waals surface area (Å²) in [7, 11) is -2.65. The normalized spacial score (nSPS) is 19.8. The molecule has 3 atom stereocenters. The van der Waals surface area contributed by atoms with E-state index in [1.807, 2.05) is 32.9 Å². The fourth-order valence-corrected chi connectivity index (χ4v) is 9.15. The first-order chi connectivity index (χ1) is 15.0. The van der Waals surface area contributed by atoms with Gasteiger partial charge in [-0.05, 0) is 42.6 Å². The van der Waals surface area contributed by atoms with Gasteiger partial charge in [-0.25, -0.2) is 4.79 Å². The summed E-state index contributed by atoms with van der Waals surface area (Å²) < 4.78 is 12.5. The van der Waals surface area contributed by atoms with Crippen LogP contribution < -0.4 is 15.7 Å². The SMILES string of the molecule is CC(C)(C)OC(=O)N[C@@H](CO)[C@@H]1C[C@H]1O[Si](c1ccccc1)(c1ccccc1)C(C)(C)C. The van der Waals surface area contributed by atoms with E-state index in [4.69, 9.17) is 9.16 Å². The van der Waals surface area contributed by atoms with Crippen molar-refractivity contribution in [2.24, 2.45) is 5.92 Å². The lowest BCUT2D eigenvalue weighted by atomic mass is 10.2. The molecule has 0 aliphatic heterocycles. The summed E-state index contributed by atoms with van der Waals surface area (Å²) in [5, 5.41) is 15.2. The lowest BCUT2D eigenvalue weighted by molar-refractivity contribution is 0.0467. The van der Waals surface area contributed by atoms with E-state index in [1.165, 1.54) is 10.4 Å². The first kappa shape index (κ1) is 24.5. The summed E-state index contributed by atoms with van der Waals surface area (Å²) in [6, 6.07) is 20.6. The number of alkyl carbamates (subject to hydrolysis) is 1. The number of amides is 1. The van der Waals surface area contributed by atoms with Crippen molar-refractivity contribution in [3.63, 3.8) is 0 Å². The molecular weight excluding hydrogens is 418 g/mol. The van der Waals surface area contributed by atoms with Crippen LogP contribution in [0.1, 0.15) is 48.0 Å². The monoisotopic (exact) mass is 455 g/mol. The third kappa shape index (κ3) is 5.42. The molecule has 32 heavy (non-hydrogen) atoms. The maximum absolute atomic E-state index is 12.3. The highest BCUT2D eigenvalue weighted by Gasteiger charge is 2.56. The minimum atomic E-state index is -2.65. The predicted molar refractivity (Wildman–Crippen MR) is 131 cm³/mol. The molecule has 6 heteroatoms. The molecule has 2 aromatic rings. The molecule has 0 unspecified atom stereocenters. The van der Waals surface area contributed by atoms with Crippen LogP contribution in [0.25, 0.3) is 0 Å². The average Bonchev–Trinajstić information content (AvgIpc) is 3.48. The van der Waals surface area contributed by atoms with Crippen molar-refractivity contribution in [3.8, 4) is 0 Å². The van der Waals surface area contributed by atoms with Gasteiger partial charge in [-0.3, -0.25) is 0 Å². The van der Waals surface area contributed by atoms with Crippen LogP contribution in [0.3, 0.4) is 0 Å². The van der Waals surface area contributed by atoms with E-state index in [-0.39, 0.29) is 23.7 Å². The zero-order chi connectivity index (χ0) is 23.6. The molecular formula is C26H37NO4Si. The van der Waals surface area contributed by atoms with Gasteiger partial charge in [-0.15, -0.1) is 0 Å². The predicted octanol–water partition coefficient (Wildman–Crippen LogP) is 3.84. The van der Waals surface area contributed by atoms with Gasteiger partial charge < -0.3 is 19.6 Å². The summed E-state index contributed by atoms with van der Waals surface area (Å²) in [6.07, 6.45) is 0.256. The van der Waals surface area contributed by atoms with E-state index in [1.54, 1.807) is 0 Å². The van der Waals surface area contributed by atoms with Crippen LogP contribution >= 0.6 is 0 Å². The van der Waals surface area contributed by atoms with Crippen molar-refractivity contribution in [2.45, 2.75) is 70.7 Å². The molecule has 0 heterocycles. The standard InChI is InChI=1S/C26H37NO4Si/c1-25(2,3)30-24(29)27-22(18-28)21-17-23(21)31-32(26(4,5)6,19-13-9-7-10-14-19)20-15-11-8-12-16-20/h7-16,21-23,28H,17-18H2,1-6H3,(H,27,29)/t21-,22-,23+/m0/s1. The largest absolute Gasteiger partial charge is 0.444 e. The molecule has 1 amide bonds. The van der Waals surface area contributed by atoms with E-state index >= 15 is 0 Å². The van der Waals surface area contributed by atoms with Gasteiger partial charge >= 0.3 is 6.09 Å². The molecule has 0 aromatic heterocycles. The second-order valence-electron chi connectivity index (χ2n) is 10.7. The van der Waals surface area contributed by atoms with Crippen molar-refractivity contribution in [2.75, 3.05) is 6.61 Å². The number of carbonyl (C=O) groups is 1. The average molecular weight is 456 g/mol. The van der Waals surface area contributed by atoms with Gasteiger partial charge in [0, 0.05) is 5.92 Å². The Morgan fingerprint density at radius 2 is 1.50 bits per heavy atom. The maximum Gasteiger partial charge on any atom is 0.407 e. The number of rotatable bonds is 7. The Bertz CT molecular complexity index is 850. The molecule has 1 saturated carbocycles. The number of aliphatic hydroxyl groups is 1. The van der Waals surface area contributed by atoms with Crippen molar-refractivity contribution < 1.29 is 19.1 Å². The highest BCUT2D eigenvalue weighted by molar-refractivity contribution is 6.99. The van der Waals surface area contributed by atoms with Gasteiger partial charge in [-0.2, -0.15) is 0 Å². The molecule has 0 radical (unpaired) electrons. The smallest absolute Gasteiger partial charge is 0.407 e. The molecule has 174 valence electrons. The third-order valence-corrected chi connectivity index (χ3v) is 11.0. The Morgan fingerprint density at radius 1 is 1.00 bits per heavy atom. The Morgan fingerprint density at radius 3 is 1.91 bits per heavy atom. The lowest BCUT2D eigenvalue weighted by Gasteiger charge is -2.43. The minimum Gasteiger partial charge on any atom is -0.444 e. The van der Waals surface area contributed by atoms with E-state index in [0.29, 0.717) is 0 Å². The third-order valence-electron chi connectivity index (χ3n) is 5.94. The summed E-state index contributed by atoms with van der Waals surface area (Å²) in [6.45, 7) is 12.1. The fourth-order valence-electron chi connectivity index (χ4n) is 4.41. The highest BCUT2D eigenvalue weighted by atomic mass is 28.4. The van der Waals surface area contributed by atoms with E-state index in [0.717, 1.165) is 6.42 Å². The molecule has 1 fully saturated rings. The van der Waals surface area contributed by atoms with Crippen LogP contribution in [0.15, 0.2) is 60.7 Å². The van der Waals surface area contributed by atoms with Crippen LogP contribution in [0.5, 0.6) is 0 Å². The van der Waals surface area contributed by atoms with Crippen LogP contribution in [0.4, 0.5) is 4.79 Å². The summed E-state index contributed by atoms with van der Waals surface area (Å²) in [5.41, 5.74) is -0.585. The lowest BCUT2D eigenvalue weighted by Crippen LogP contribution is -2.67. The number of aliphatic hydroxyl groups excluding tert-OH is 1. The summed E-state index contributed by atoms with van der Waals surface area (Å²) >= 11 is 0. The second-order valence-corrected chi connectivity index (χ2v) is 14.9. The summed E-state index contributed by atoms with van der Waals surface area (Å²) in [4.78, 5) is 12.3. The second kappa shape index (κ2) is 9.38. The van der Waals surface area contributed by atoms with Crippen molar-refractivity contribution in [3.05, 3.63) is 60.7 Å². The number of hydrogen-bond donors (Lipinski definition) is 2. The number of carbonyl (C=O) groups excluding carboxylic acids is 1. The number of ether oxygens (including phenoxy) is 1. The van der Waals surface area contributed by atoms with E-state index in [2.05, 4.69) is 74.6 Å². The minimum absolute atomic E-state index is 0.0339. The number of hydrogen-bond acceptors (Lipinski definition) is 4. The zero-order valence-electron chi connectivity index (χ0n) is 20.1. The van der Waals surface area contributed by atoms with Gasteiger partial charge in [-0.1, -0.05) is 81.4 Å². The molecule has 0 bridgehead atoms. The van der Waals surface area contributed by atoms with Gasteiger partial charge in [0.05, 0.1) is 18.8 Å². The molecule has 0 spiro atoms. The Labute approximate surface area is 193 Å². The molecule has 3 rings (SSSR count). The van der Waals surface area contributed by atoms with Crippen LogP contribution in [0.2, 0.25) is 5.04 Å². The number of nitrogens with one attached hydrogen (secondary N) is 1. The quantitative estimate of drug-likeness (QED) is 0.623. The molecule has 5 nitrogen and oxygen atoms in total. The fraction of sp³-hybridized carbons (Fsp3) is 0.500. The van der Waals surface area contributed by atoms with Gasteiger partial charge in [0.25, 0.3) is 8.32 Å². The molecule has 1 aliphatic carbocycles. The highest BCUT2D eigenvalue weighted by Crippen LogP contribution is 2.45. The summed E-state index contributed by atoms with van der Waals surface area (Å²) in [5.74, 6) is 0.0502. The van der Waals surface area contributed by atoms with E-state index in [9.17, 15) is 9.90 Å². The molecule has 1 aliphatic rings. The Hall–Kier alpha value is -2.15. The van der Waals surface area contributed by atoms with E-state index < -0.39 is 26.1 Å². The Balaban J connectivity index is 1.88. The van der Waals surface area contributed by atoms with Crippen molar-refractivity contribution in [1.29, 1.82) is 0 Å². The van der Waals surface area contributed by atoms with Crippen LogP contribution in [-0.4, -0.2) is 43.9 Å². The first-order valence-electron chi connectivity index (χ1n) is 11.4. The molecule has 0 saturated heterocycles. The van der Waals surface area contributed by atoms with Gasteiger partial charge in [0.15, 0.2) is 0 Å². The van der Waals surface area contributed by atoms with Crippen LogP contribution in [-0.2, 0) is 9.16 Å². The van der Waals surface area contributed by atoms with Gasteiger partial charge in [0.1, 0.15) is 5.60 Å². The van der Waals surface area contributed by atoms with Crippen LogP contribution in [0, 0.1) is 5.92 Å². The van der Waals surface area contributed by atoms with Crippen molar-refractivity contribution in [1.82, 2.24) is 5.32 Å². The topological polar surface area (TPSA) is 67.8 Å². The first-order valence-corrected chi connectivity index (χ1v) is 13.3. The maximum atomic E-state index is 12.3. The van der Waals surface area contributed by atoms with Crippen molar-refractivity contribution >= 4 is 24.8 Å². The zero-order valence-corrected chi connectivity index (χ0v) is 21.1. The number of benzene rings is 2. The van der Waals surface area contributed by atoms with Gasteiger partial charge in [0.2, 0.25) is 0 Å².